The van der Waals surface area contributed by atoms with E-state index in [1.54, 1.807) is 0 Å². The van der Waals surface area contributed by atoms with Crippen molar-refractivity contribution in [2.24, 2.45) is 10.2 Å². The second kappa shape index (κ2) is 4.94. The van der Waals surface area contributed by atoms with Gasteiger partial charge in [0.2, 0.25) is 0 Å². The number of rotatable bonds is 1. The molecule has 94 valence electrons. The average molecular weight is 280 g/mol. The number of amidine groups is 1. The van der Waals surface area contributed by atoms with E-state index < -0.39 is 0 Å². The van der Waals surface area contributed by atoms with Gasteiger partial charge in [0, 0.05) is 16.6 Å². The average Bonchev–Trinajstić information content (AvgIpc) is 2.53. The van der Waals surface area contributed by atoms with Crippen LogP contribution in [0.25, 0.3) is 0 Å². The Balaban J connectivity index is 2.06. The Morgan fingerprint density at radius 2 is 2.22 bits per heavy atom. The van der Waals surface area contributed by atoms with Gasteiger partial charge in [-0.2, -0.15) is 5.10 Å². The largest absolute Gasteiger partial charge is 0.321 e. The third kappa shape index (κ3) is 2.15. The van der Waals surface area contributed by atoms with Crippen LogP contribution in [0.15, 0.2) is 39.4 Å². The molecule has 0 saturated carbocycles. The van der Waals surface area contributed by atoms with Crippen molar-refractivity contribution in [1.29, 1.82) is 0 Å². The Morgan fingerprint density at radius 3 is 3.06 bits per heavy atom. The van der Waals surface area contributed by atoms with Gasteiger partial charge >= 0.3 is 0 Å². The first-order valence-corrected chi connectivity index (χ1v) is 7.41. The van der Waals surface area contributed by atoms with Gasteiger partial charge in [-0.1, -0.05) is 19.1 Å². The van der Waals surface area contributed by atoms with Gasteiger partial charge in [-0.3, -0.25) is 0 Å². The lowest BCUT2D eigenvalue weighted by atomic mass is 10.2. The normalized spacial score (nSPS) is 22.6. The van der Waals surface area contributed by atoms with Crippen LogP contribution in [-0.2, 0) is 0 Å². The zero-order valence-electron chi connectivity index (χ0n) is 10.1. The van der Waals surface area contributed by atoms with Crippen LogP contribution in [-0.4, -0.2) is 29.2 Å². The zero-order chi connectivity index (χ0) is 12.5. The number of benzene rings is 1. The maximum absolute atomic E-state index is 5.88. The number of thioether (sulfide) groups is 1. The van der Waals surface area contributed by atoms with E-state index in [-0.39, 0.29) is 0 Å². The highest BCUT2D eigenvalue weighted by Crippen LogP contribution is 2.38. The molecule has 1 aromatic rings. The molecular weight excluding hydrogens is 266 g/mol. The first kappa shape index (κ1) is 12.1. The van der Waals surface area contributed by atoms with Crippen molar-refractivity contribution in [3.8, 4) is 0 Å². The van der Waals surface area contributed by atoms with Crippen molar-refractivity contribution in [2.75, 3.05) is 17.3 Å². The van der Waals surface area contributed by atoms with Crippen molar-refractivity contribution in [3.63, 3.8) is 0 Å². The molecule has 2 aliphatic rings. The Kier molecular flexibility index (Phi) is 3.31. The van der Waals surface area contributed by atoms with Gasteiger partial charge in [0.15, 0.2) is 0 Å². The molecule has 2 aliphatic heterocycles. The van der Waals surface area contributed by atoms with Crippen LogP contribution in [0.1, 0.15) is 13.3 Å². The molecule has 0 amide bonds. The molecule has 1 unspecified atom stereocenters. The smallest absolute Gasteiger partial charge is 0.133 e. The molecule has 3 rings (SSSR count). The fourth-order valence-electron chi connectivity index (χ4n) is 2.23. The predicted molar refractivity (Wildman–Crippen MR) is 79.3 cm³/mol. The molecule has 5 heteroatoms. The highest BCUT2D eigenvalue weighted by Gasteiger charge is 2.27. The van der Waals surface area contributed by atoms with E-state index in [0.29, 0.717) is 11.1 Å². The number of anilines is 1. The second-order valence-corrected chi connectivity index (χ2v) is 6.25. The van der Waals surface area contributed by atoms with Gasteiger partial charge in [0.1, 0.15) is 5.84 Å². The minimum Gasteiger partial charge on any atom is -0.321 e. The van der Waals surface area contributed by atoms with Crippen molar-refractivity contribution in [3.05, 3.63) is 24.3 Å². The van der Waals surface area contributed by atoms with Crippen LogP contribution >= 0.6 is 23.4 Å². The summed E-state index contributed by atoms with van der Waals surface area (Å²) in [5.41, 5.74) is 2.15. The summed E-state index contributed by atoms with van der Waals surface area (Å²) in [4.78, 5) is 3.56. The molecule has 0 radical (unpaired) electrons. The van der Waals surface area contributed by atoms with Gasteiger partial charge in [-0.05, 0) is 12.1 Å². The summed E-state index contributed by atoms with van der Waals surface area (Å²) in [5, 5.41) is 9.07. The zero-order valence-corrected chi connectivity index (χ0v) is 11.7. The lowest BCUT2D eigenvalue weighted by molar-refractivity contribution is 0.951. The summed E-state index contributed by atoms with van der Waals surface area (Å²) >= 11 is 7.78. The molecule has 0 aromatic heterocycles. The summed E-state index contributed by atoms with van der Waals surface area (Å²) < 4.78 is 0. The SMILES string of the molecule is CC1CC2=NN=C(CCl)CN2c2ccccc2S1. The van der Waals surface area contributed by atoms with Crippen LogP contribution in [0.5, 0.6) is 0 Å². The molecule has 1 aromatic carbocycles. The van der Waals surface area contributed by atoms with E-state index in [4.69, 9.17) is 11.6 Å². The minimum atomic E-state index is 0.443. The van der Waals surface area contributed by atoms with Gasteiger partial charge in [0.25, 0.3) is 0 Å². The lowest BCUT2D eigenvalue weighted by Crippen LogP contribution is -2.39. The monoisotopic (exact) mass is 279 g/mol. The number of para-hydroxylation sites is 1. The minimum absolute atomic E-state index is 0.443. The highest BCUT2D eigenvalue weighted by molar-refractivity contribution is 8.00. The van der Waals surface area contributed by atoms with Gasteiger partial charge in [-0.25, -0.2) is 0 Å². The molecule has 0 saturated heterocycles. The molecule has 3 nitrogen and oxygen atoms in total. The quantitative estimate of drug-likeness (QED) is 0.737. The Labute approximate surface area is 116 Å². The maximum atomic E-state index is 5.88. The van der Waals surface area contributed by atoms with Crippen LogP contribution in [0.2, 0.25) is 0 Å². The van der Waals surface area contributed by atoms with E-state index in [2.05, 4.69) is 46.3 Å². The van der Waals surface area contributed by atoms with Gasteiger partial charge in [0.05, 0.1) is 23.8 Å². The third-order valence-corrected chi connectivity index (χ3v) is 4.54. The van der Waals surface area contributed by atoms with Crippen molar-refractivity contribution < 1.29 is 0 Å². The summed E-state index contributed by atoms with van der Waals surface area (Å²) in [5.74, 6) is 1.49. The Morgan fingerprint density at radius 1 is 1.39 bits per heavy atom. The lowest BCUT2D eigenvalue weighted by Gasteiger charge is -2.27. The van der Waals surface area contributed by atoms with Gasteiger partial charge in [-0.15, -0.1) is 28.5 Å². The van der Waals surface area contributed by atoms with E-state index in [0.717, 1.165) is 24.5 Å². The molecule has 1 atom stereocenters. The van der Waals surface area contributed by atoms with E-state index >= 15 is 0 Å². The molecule has 0 spiro atoms. The Hall–Kier alpha value is -1.00. The maximum Gasteiger partial charge on any atom is 0.133 e. The molecule has 2 heterocycles. The summed E-state index contributed by atoms with van der Waals surface area (Å²) in [6.07, 6.45) is 0.943. The number of halogens is 1. The van der Waals surface area contributed by atoms with Crippen molar-refractivity contribution >= 4 is 40.6 Å². The molecule has 0 bridgehead atoms. The highest BCUT2D eigenvalue weighted by atomic mass is 35.5. The number of alkyl halides is 1. The van der Waals surface area contributed by atoms with Crippen LogP contribution in [0, 0.1) is 0 Å². The van der Waals surface area contributed by atoms with Crippen LogP contribution in [0.4, 0.5) is 5.69 Å². The van der Waals surface area contributed by atoms with E-state index in [1.807, 2.05) is 11.8 Å². The van der Waals surface area contributed by atoms with Crippen molar-refractivity contribution in [2.45, 2.75) is 23.5 Å². The predicted octanol–water partition coefficient (Wildman–Crippen LogP) is 3.38. The molecule has 18 heavy (non-hydrogen) atoms. The van der Waals surface area contributed by atoms with Crippen LogP contribution < -0.4 is 4.90 Å². The first-order chi connectivity index (χ1) is 8.78. The second-order valence-electron chi connectivity index (χ2n) is 4.50. The number of hydrogen-bond acceptors (Lipinski definition) is 4. The van der Waals surface area contributed by atoms with E-state index in [1.165, 1.54) is 10.6 Å². The molecule has 0 N–H and O–H groups in total. The topological polar surface area (TPSA) is 28.0 Å². The summed E-state index contributed by atoms with van der Waals surface area (Å²) in [7, 11) is 0. The molecule has 0 fully saturated rings. The standard InChI is InChI=1S/C13H14ClN3S/c1-9-6-13-16-15-10(7-14)8-17(13)11-4-2-3-5-12(11)18-9/h2-5,9H,6-8H2,1H3. The number of fused-ring (bicyclic) bond motifs is 3. The number of hydrogen-bond donors (Lipinski definition) is 0. The Bertz CT molecular complexity index is 527. The fourth-order valence-corrected chi connectivity index (χ4v) is 3.49. The first-order valence-electron chi connectivity index (χ1n) is 5.99. The van der Waals surface area contributed by atoms with Crippen molar-refractivity contribution in [1.82, 2.24) is 0 Å². The summed E-state index contributed by atoms with van der Waals surface area (Å²) in [6, 6.07) is 8.47. The number of nitrogens with zero attached hydrogens (tertiary/aromatic N) is 3. The fraction of sp³-hybridized carbons (Fsp3) is 0.385. The van der Waals surface area contributed by atoms with Crippen LogP contribution in [0.3, 0.4) is 0 Å². The molecular formula is C13H14ClN3S. The molecule has 0 aliphatic carbocycles. The summed E-state index contributed by atoms with van der Waals surface area (Å²) in [6.45, 7) is 2.99. The third-order valence-electron chi connectivity index (χ3n) is 3.07. The van der Waals surface area contributed by atoms with E-state index in [9.17, 15) is 0 Å². The van der Waals surface area contributed by atoms with Gasteiger partial charge < -0.3 is 4.90 Å².